The average molecular weight is 430 g/mol. The van der Waals surface area contributed by atoms with Crippen LogP contribution in [0.1, 0.15) is 80.1 Å². The fourth-order valence-corrected chi connectivity index (χ4v) is 7.51. The summed E-state index contributed by atoms with van der Waals surface area (Å²) >= 11 is 6.42. The molecule has 4 bridgehead atoms. The normalized spacial score (nSPS) is 37.3. The predicted octanol–water partition coefficient (Wildman–Crippen LogP) is 4.65. The monoisotopic (exact) mass is 429 g/mol. The molecule has 5 saturated carbocycles. The molecule has 0 spiro atoms. The summed E-state index contributed by atoms with van der Waals surface area (Å²) in [6.07, 6.45) is 12.7. The maximum absolute atomic E-state index is 13.0. The van der Waals surface area contributed by atoms with Crippen molar-refractivity contribution in [3.05, 3.63) is 34.3 Å². The van der Waals surface area contributed by atoms with Crippen LogP contribution in [0.2, 0.25) is 5.02 Å². The van der Waals surface area contributed by atoms with Crippen LogP contribution in [0.25, 0.3) is 0 Å². The molecule has 0 radical (unpaired) electrons. The third-order valence-electron chi connectivity index (χ3n) is 8.43. The van der Waals surface area contributed by atoms with Gasteiger partial charge in [0.1, 0.15) is 0 Å². The van der Waals surface area contributed by atoms with Crippen LogP contribution in [-0.2, 0) is 6.54 Å². The van der Waals surface area contributed by atoms with E-state index in [1.165, 1.54) is 38.5 Å². The van der Waals surface area contributed by atoms with Gasteiger partial charge in [0, 0.05) is 25.2 Å². The van der Waals surface area contributed by atoms with Gasteiger partial charge in [0.05, 0.1) is 10.6 Å². The van der Waals surface area contributed by atoms with Crippen molar-refractivity contribution in [2.75, 3.05) is 6.54 Å². The lowest BCUT2D eigenvalue weighted by Gasteiger charge is -2.56. The van der Waals surface area contributed by atoms with E-state index in [-0.39, 0.29) is 5.91 Å². The van der Waals surface area contributed by atoms with E-state index in [0.29, 0.717) is 28.1 Å². The molecular formula is C25H36ClN3O. The van der Waals surface area contributed by atoms with Crippen LogP contribution in [0.15, 0.2) is 18.2 Å². The fourth-order valence-electron chi connectivity index (χ4n) is 7.31. The Morgan fingerprint density at radius 3 is 2.30 bits per heavy atom. The van der Waals surface area contributed by atoms with Gasteiger partial charge in [-0.1, -0.05) is 17.7 Å². The zero-order valence-electron chi connectivity index (χ0n) is 18.0. The van der Waals surface area contributed by atoms with E-state index in [9.17, 15) is 4.79 Å². The van der Waals surface area contributed by atoms with Gasteiger partial charge in [-0.3, -0.25) is 4.79 Å². The number of nitrogens with two attached hydrogens (primary N) is 1. The highest BCUT2D eigenvalue weighted by molar-refractivity contribution is 6.33. The summed E-state index contributed by atoms with van der Waals surface area (Å²) in [4.78, 5) is 13.0. The first kappa shape index (κ1) is 20.8. The lowest BCUT2D eigenvalue weighted by Crippen LogP contribution is -2.51. The minimum atomic E-state index is -0.0127. The maximum Gasteiger partial charge on any atom is 0.252 e. The Morgan fingerprint density at radius 2 is 1.67 bits per heavy atom. The second-order valence-electron chi connectivity index (χ2n) is 10.9. The van der Waals surface area contributed by atoms with Crippen LogP contribution in [-0.4, -0.2) is 24.5 Å². The van der Waals surface area contributed by atoms with Gasteiger partial charge in [0.15, 0.2) is 0 Å². The average Bonchev–Trinajstić information content (AvgIpc) is 2.72. The van der Waals surface area contributed by atoms with E-state index in [0.717, 1.165) is 62.1 Å². The van der Waals surface area contributed by atoms with Crippen molar-refractivity contribution in [1.29, 1.82) is 0 Å². The molecule has 5 fully saturated rings. The summed E-state index contributed by atoms with van der Waals surface area (Å²) in [5.74, 6) is 2.70. The Balaban J connectivity index is 1.19. The van der Waals surface area contributed by atoms with Gasteiger partial charge in [-0.2, -0.15) is 0 Å². The Bertz CT molecular complexity index is 751. The highest BCUT2D eigenvalue weighted by atomic mass is 35.5. The van der Waals surface area contributed by atoms with Crippen molar-refractivity contribution in [3.8, 4) is 0 Å². The Morgan fingerprint density at radius 1 is 1.03 bits per heavy atom. The Hall–Kier alpha value is -1.10. The number of nitrogens with one attached hydrogen (secondary N) is 2. The van der Waals surface area contributed by atoms with Crippen molar-refractivity contribution < 1.29 is 4.79 Å². The van der Waals surface area contributed by atoms with E-state index in [2.05, 4.69) is 10.6 Å². The van der Waals surface area contributed by atoms with Gasteiger partial charge < -0.3 is 16.4 Å². The molecule has 0 heterocycles. The van der Waals surface area contributed by atoms with E-state index >= 15 is 0 Å². The zero-order valence-corrected chi connectivity index (χ0v) is 18.7. The van der Waals surface area contributed by atoms with E-state index in [1.54, 1.807) is 0 Å². The number of benzene rings is 1. The lowest BCUT2D eigenvalue weighted by atomic mass is 9.49. The van der Waals surface area contributed by atoms with Crippen LogP contribution < -0.4 is 16.4 Å². The summed E-state index contributed by atoms with van der Waals surface area (Å²) in [6, 6.07) is 6.75. The number of halogens is 1. The summed E-state index contributed by atoms with van der Waals surface area (Å²) in [5.41, 5.74) is 8.09. The molecule has 5 aliphatic carbocycles. The molecular weight excluding hydrogens is 394 g/mol. The van der Waals surface area contributed by atoms with E-state index < -0.39 is 0 Å². The van der Waals surface area contributed by atoms with E-state index in [1.807, 2.05) is 18.2 Å². The lowest BCUT2D eigenvalue weighted by molar-refractivity contribution is -0.0503. The molecule has 1 amide bonds. The minimum absolute atomic E-state index is 0.0127. The smallest absolute Gasteiger partial charge is 0.252 e. The van der Waals surface area contributed by atoms with Gasteiger partial charge in [0.25, 0.3) is 5.91 Å². The predicted molar refractivity (Wildman–Crippen MR) is 121 cm³/mol. The molecule has 0 atom stereocenters. The van der Waals surface area contributed by atoms with Crippen LogP contribution in [0.5, 0.6) is 0 Å². The van der Waals surface area contributed by atoms with Crippen LogP contribution in [0, 0.1) is 23.2 Å². The number of carbonyl (C=O) groups is 1. The highest BCUT2D eigenvalue weighted by Gasteiger charge is 2.50. The van der Waals surface area contributed by atoms with Crippen molar-refractivity contribution in [3.63, 3.8) is 0 Å². The standard InChI is InChI=1S/C25H36ClN3O/c26-23-6-1-16(14-28-21-4-2-20(27)3-5-21)10-22(23)24(30)29-15-25-11-17-7-18(12-25)9-19(8-17)13-25/h1,6,10,17-21,28H,2-5,7-9,11-15,27H2,(H,29,30). The van der Waals surface area contributed by atoms with Crippen molar-refractivity contribution in [1.82, 2.24) is 10.6 Å². The Labute approximate surface area is 185 Å². The van der Waals surface area contributed by atoms with Gasteiger partial charge in [0.2, 0.25) is 0 Å². The number of amides is 1. The molecule has 0 saturated heterocycles. The second-order valence-corrected chi connectivity index (χ2v) is 11.3. The van der Waals surface area contributed by atoms with Crippen molar-refractivity contribution >= 4 is 17.5 Å². The zero-order chi connectivity index (χ0) is 20.7. The number of hydrogen-bond acceptors (Lipinski definition) is 3. The number of carbonyl (C=O) groups excluding carboxylic acids is 1. The van der Waals surface area contributed by atoms with Crippen LogP contribution in [0.4, 0.5) is 0 Å². The maximum atomic E-state index is 13.0. The second kappa shape index (κ2) is 8.44. The summed E-state index contributed by atoms with van der Waals surface area (Å²) in [5, 5.41) is 7.46. The van der Waals surface area contributed by atoms with Crippen molar-refractivity contribution in [2.24, 2.45) is 28.9 Å². The first-order chi connectivity index (χ1) is 14.5. The molecule has 0 aliphatic heterocycles. The van der Waals surface area contributed by atoms with Gasteiger partial charge in [-0.15, -0.1) is 0 Å². The van der Waals surface area contributed by atoms with Gasteiger partial charge in [-0.05, 0) is 105 Å². The molecule has 1 aromatic carbocycles. The highest BCUT2D eigenvalue weighted by Crippen LogP contribution is 2.59. The van der Waals surface area contributed by atoms with Gasteiger partial charge in [-0.25, -0.2) is 0 Å². The topological polar surface area (TPSA) is 67.1 Å². The van der Waals surface area contributed by atoms with Gasteiger partial charge >= 0.3 is 0 Å². The third kappa shape index (κ3) is 4.42. The SMILES string of the molecule is NC1CCC(NCc2ccc(Cl)c(C(=O)NCC34CC5CC(CC(C5)C3)C4)c2)CC1. The Kier molecular flexibility index (Phi) is 5.85. The van der Waals surface area contributed by atoms with E-state index in [4.69, 9.17) is 17.3 Å². The minimum Gasteiger partial charge on any atom is -0.351 e. The summed E-state index contributed by atoms with van der Waals surface area (Å²) in [7, 11) is 0. The fraction of sp³-hybridized carbons (Fsp3) is 0.720. The van der Waals surface area contributed by atoms with Crippen LogP contribution in [0.3, 0.4) is 0 Å². The van der Waals surface area contributed by atoms with Crippen LogP contribution >= 0.6 is 11.6 Å². The molecule has 4 N–H and O–H groups in total. The quantitative estimate of drug-likeness (QED) is 0.616. The van der Waals surface area contributed by atoms with Crippen molar-refractivity contribution in [2.45, 2.75) is 82.8 Å². The first-order valence-corrected chi connectivity index (χ1v) is 12.4. The number of rotatable bonds is 6. The number of hydrogen-bond donors (Lipinski definition) is 3. The largest absolute Gasteiger partial charge is 0.351 e. The molecule has 5 heteroatoms. The molecule has 6 rings (SSSR count). The molecule has 0 aromatic heterocycles. The molecule has 1 aromatic rings. The molecule has 4 nitrogen and oxygen atoms in total. The molecule has 5 aliphatic rings. The first-order valence-electron chi connectivity index (χ1n) is 12.0. The molecule has 30 heavy (non-hydrogen) atoms. The molecule has 164 valence electrons. The third-order valence-corrected chi connectivity index (χ3v) is 8.76. The summed E-state index contributed by atoms with van der Waals surface area (Å²) in [6.45, 7) is 1.59. The summed E-state index contributed by atoms with van der Waals surface area (Å²) < 4.78 is 0. The molecule has 0 unspecified atom stereocenters.